The highest BCUT2D eigenvalue weighted by molar-refractivity contribution is 7.92. The van der Waals surface area contributed by atoms with Crippen LogP contribution in [0.4, 0.5) is 13.2 Å². The summed E-state index contributed by atoms with van der Waals surface area (Å²) in [6, 6.07) is 6.93. The van der Waals surface area contributed by atoms with Gasteiger partial charge >= 0.3 is 5.51 Å². The molecule has 8 heteroatoms. The van der Waals surface area contributed by atoms with E-state index in [-0.39, 0.29) is 17.0 Å². The van der Waals surface area contributed by atoms with Crippen molar-refractivity contribution >= 4 is 9.84 Å². The molecule has 0 unspecified atom stereocenters. The number of benzene rings is 1. The Balaban J connectivity index is 2.62. The average molecular weight is 303 g/mol. The molecule has 1 aromatic heterocycles. The summed E-state index contributed by atoms with van der Waals surface area (Å²) in [5.74, 6) is -0.357. The highest BCUT2D eigenvalue weighted by atomic mass is 32.2. The minimum atomic E-state index is -5.46. The molecule has 4 nitrogen and oxygen atoms in total. The molecule has 0 saturated heterocycles. The van der Waals surface area contributed by atoms with E-state index in [1.165, 1.54) is 12.3 Å². The molecule has 0 spiro atoms. The lowest BCUT2D eigenvalue weighted by Crippen LogP contribution is -2.23. The molecule has 106 valence electrons. The molecule has 1 aromatic carbocycles. The molecular weight excluding hydrogens is 295 g/mol. The maximum atomic E-state index is 12.5. The van der Waals surface area contributed by atoms with Crippen molar-refractivity contribution in [1.82, 2.24) is 4.98 Å². The smallest absolute Gasteiger partial charge is 0.501 e. The van der Waals surface area contributed by atoms with E-state index in [0.29, 0.717) is 6.07 Å². The van der Waals surface area contributed by atoms with E-state index in [2.05, 4.69) is 4.98 Å². The number of sulfone groups is 1. The Morgan fingerprint density at radius 2 is 1.80 bits per heavy atom. The van der Waals surface area contributed by atoms with Crippen LogP contribution >= 0.6 is 0 Å². The number of rotatable bonds is 2. The third-order valence-electron chi connectivity index (χ3n) is 2.52. The molecule has 1 N–H and O–H groups in total. The molecule has 0 amide bonds. The fourth-order valence-corrected chi connectivity index (χ4v) is 2.33. The third kappa shape index (κ3) is 2.46. The zero-order chi connectivity index (χ0) is 15.0. The summed E-state index contributed by atoms with van der Waals surface area (Å²) >= 11 is 0. The number of hydrogen-bond acceptors (Lipinski definition) is 4. The van der Waals surface area contributed by atoms with Crippen LogP contribution in [0.1, 0.15) is 0 Å². The van der Waals surface area contributed by atoms with Gasteiger partial charge in [-0.15, -0.1) is 0 Å². The summed E-state index contributed by atoms with van der Waals surface area (Å²) in [5, 5.41) is 9.64. The van der Waals surface area contributed by atoms with Crippen LogP contribution in [0.15, 0.2) is 47.5 Å². The Morgan fingerprint density at radius 3 is 2.35 bits per heavy atom. The first-order chi connectivity index (χ1) is 9.23. The highest BCUT2D eigenvalue weighted by Gasteiger charge is 2.47. The van der Waals surface area contributed by atoms with Gasteiger partial charge in [0.1, 0.15) is 5.75 Å². The lowest BCUT2D eigenvalue weighted by Gasteiger charge is -2.10. The van der Waals surface area contributed by atoms with Crippen molar-refractivity contribution in [3.63, 3.8) is 0 Å². The molecule has 0 radical (unpaired) electrons. The fourth-order valence-electron chi connectivity index (χ4n) is 1.54. The van der Waals surface area contributed by atoms with Crippen LogP contribution in [-0.4, -0.2) is 24.0 Å². The molecule has 0 aliphatic carbocycles. The van der Waals surface area contributed by atoms with Crippen molar-refractivity contribution < 1.29 is 26.7 Å². The zero-order valence-electron chi connectivity index (χ0n) is 9.79. The maximum absolute atomic E-state index is 12.5. The molecule has 20 heavy (non-hydrogen) atoms. The van der Waals surface area contributed by atoms with Gasteiger partial charge in [0.15, 0.2) is 0 Å². The van der Waals surface area contributed by atoms with Crippen LogP contribution in [0.5, 0.6) is 5.75 Å². The van der Waals surface area contributed by atoms with Crippen molar-refractivity contribution in [2.75, 3.05) is 0 Å². The van der Waals surface area contributed by atoms with Crippen molar-refractivity contribution in [3.8, 4) is 17.0 Å². The van der Waals surface area contributed by atoms with E-state index in [1.807, 2.05) is 0 Å². The zero-order valence-corrected chi connectivity index (χ0v) is 10.6. The Labute approximate surface area is 112 Å². The number of halogens is 3. The largest absolute Gasteiger partial charge is 0.507 e. The van der Waals surface area contributed by atoms with Crippen LogP contribution in [-0.2, 0) is 9.84 Å². The second-order valence-electron chi connectivity index (χ2n) is 3.84. The Morgan fingerprint density at radius 1 is 1.10 bits per heavy atom. The quantitative estimate of drug-likeness (QED) is 0.926. The predicted octanol–water partition coefficient (Wildman–Crippen LogP) is 2.75. The van der Waals surface area contributed by atoms with Gasteiger partial charge < -0.3 is 5.11 Å². The minimum absolute atomic E-state index is 0.0871. The summed E-state index contributed by atoms with van der Waals surface area (Å²) in [6.45, 7) is 0. The Kier molecular flexibility index (Phi) is 3.43. The molecule has 2 aromatic rings. The number of phenolic OH excluding ortho intramolecular Hbond substituents is 1. The summed E-state index contributed by atoms with van der Waals surface area (Å²) < 4.78 is 60.1. The number of alkyl halides is 3. The first-order valence-electron chi connectivity index (χ1n) is 5.29. The van der Waals surface area contributed by atoms with Crippen LogP contribution in [0, 0.1) is 0 Å². The van der Waals surface area contributed by atoms with Crippen molar-refractivity contribution in [2.24, 2.45) is 0 Å². The van der Waals surface area contributed by atoms with Crippen molar-refractivity contribution in [1.29, 1.82) is 0 Å². The van der Waals surface area contributed by atoms with Gasteiger partial charge in [-0.2, -0.15) is 13.2 Å². The molecule has 0 bridgehead atoms. The first-order valence-corrected chi connectivity index (χ1v) is 6.77. The molecular formula is C12H8F3NO3S. The van der Waals surface area contributed by atoms with E-state index in [9.17, 15) is 26.7 Å². The van der Waals surface area contributed by atoms with Gasteiger partial charge in [-0.05, 0) is 30.3 Å². The molecule has 0 saturated carbocycles. The van der Waals surface area contributed by atoms with Gasteiger partial charge in [0.2, 0.25) is 0 Å². The number of hydrogen-bond donors (Lipinski definition) is 1. The predicted molar refractivity (Wildman–Crippen MR) is 64.6 cm³/mol. The number of nitrogens with zero attached hydrogens (tertiary/aromatic N) is 1. The topological polar surface area (TPSA) is 67.3 Å². The van der Waals surface area contributed by atoms with Crippen molar-refractivity contribution in [2.45, 2.75) is 10.4 Å². The van der Waals surface area contributed by atoms with Gasteiger partial charge in [-0.3, -0.25) is 4.98 Å². The van der Waals surface area contributed by atoms with Crippen LogP contribution < -0.4 is 0 Å². The Hall–Kier alpha value is -2.09. The molecule has 0 atom stereocenters. The number of pyridine rings is 1. The molecule has 0 fully saturated rings. The van der Waals surface area contributed by atoms with Gasteiger partial charge in [0, 0.05) is 11.8 Å². The van der Waals surface area contributed by atoms with E-state index >= 15 is 0 Å². The number of aromatic nitrogens is 1. The van der Waals surface area contributed by atoms with E-state index in [0.717, 1.165) is 12.1 Å². The first kappa shape index (κ1) is 14.3. The average Bonchev–Trinajstić information content (AvgIpc) is 2.38. The highest BCUT2D eigenvalue weighted by Crippen LogP contribution is 2.35. The molecule has 1 heterocycles. The van der Waals surface area contributed by atoms with E-state index in [4.69, 9.17) is 0 Å². The molecule has 0 aliphatic rings. The number of phenols is 1. The monoisotopic (exact) mass is 303 g/mol. The lowest BCUT2D eigenvalue weighted by molar-refractivity contribution is -0.0436. The minimum Gasteiger partial charge on any atom is -0.507 e. The van der Waals surface area contributed by atoms with E-state index < -0.39 is 20.2 Å². The third-order valence-corrected chi connectivity index (χ3v) is 4.01. The second kappa shape index (κ2) is 4.78. The summed E-state index contributed by atoms with van der Waals surface area (Å²) in [6.07, 6.45) is 1.37. The second-order valence-corrected chi connectivity index (χ2v) is 5.78. The Bertz CT molecular complexity index is 727. The molecule has 2 rings (SSSR count). The van der Waals surface area contributed by atoms with Gasteiger partial charge in [0.05, 0.1) is 10.6 Å². The summed E-state index contributed by atoms with van der Waals surface area (Å²) in [5.41, 5.74) is -5.31. The maximum Gasteiger partial charge on any atom is 0.501 e. The summed E-state index contributed by atoms with van der Waals surface area (Å²) in [4.78, 5) is 2.92. The van der Waals surface area contributed by atoms with Gasteiger partial charge in [-0.25, -0.2) is 8.42 Å². The van der Waals surface area contributed by atoms with Gasteiger partial charge in [-0.1, -0.05) is 6.07 Å². The van der Waals surface area contributed by atoms with E-state index in [1.54, 1.807) is 12.1 Å². The van der Waals surface area contributed by atoms with Gasteiger partial charge in [0.25, 0.3) is 9.84 Å². The van der Waals surface area contributed by atoms with Crippen molar-refractivity contribution in [3.05, 3.63) is 42.6 Å². The van der Waals surface area contributed by atoms with Crippen LogP contribution in [0.25, 0.3) is 11.3 Å². The standard InChI is InChI=1S/C12H8F3NO3S/c13-12(14,15)20(18,19)8-4-5-11(17)9(7-8)10-3-1-2-6-16-10/h1-7,17H. The summed E-state index contributed by atoms with van der Waals surface area (Å²) in [7, 11) is -5.46. The number of aromatic hydroxyl groups is 1. The lowest BCUT2D eigenvalue weighted by atomic mass is 10.1. The fraction of sp³-hybridized carbons (Fsp3) is 0.0833. The molecule has 0 aliphatic heterocycles. The normalized spacial score (nSPS) is 12.3. The van der Waals surface area contributed by atoms with Crippen LogP contribution in [0.3, 0.4) is 0 Å². The van der Waals surface area contributed by atoms with Crippen LogP contribution in [0.2, 0.25) is 0 Å². The SMILES string of the molecule is O=S(=O)(c1ccc(O)c(-c2ccccn2)c1)C(F)(F)F.